The summed E-state index contributed by atoms with van der Waals surface area (Å²) in [7, 11) is 2.04. The number of hydrogen-bond donors (Lipinski definition) is 0. The molecule has 0 aliphatic carbocycles. The lowest BCUT2D eigenvalue weighted by Crippen LogP contribution is -2.29. The predicted molar refractivity (Wildman–Crippen MR) is 64.3 cm³/mol. The maximum atomic E-state index is 11.0. The molecule has 0 bridgehead atoms. The zero-order valence-corrected chi connectivity index (χ0v) is 9.99. The Kier molecular flexibility index (Phi) is 2.62. The summed E-state index contributed by atoms with van der Waals surface area (Å²) in [5.41, 5.74) is 1.66. The van der Waals surface area contributed by atoms with Crippen LogP contribution in [0, 0.1) is 0 Å². The van der Waals surface area contributed by atoms with E-state index in [-0.39, 0.29) is 0 Å². The predicted octanol–water partition coefficient (Wildman–Crippen LogP) is 1.99. The Bertz CT molecular complexity index is 412. The van der Waals surface area contributed by atoms with Crippen molar-refractivity contribution >= 4 is 12.0 Å². The third-order valence-electron chi connectivity index (χ3n) is 3.09. The molecule has 3 heteroatoms. The lowest BCUT2D eigenvalue weighted by atomic mass is 9.86. The van der Waals surface area contributed by atoms with Gasteiger partial charge in [-0.2, -0.15) is 0 Å². The highest BCUT2D eigenvalue weighted by atomic mass is 16.5. The van der Waals surface area contributed by atoms with Crippen molar-refractivity contribution in [1.29, 1.82) is 0 Å². The summed E-state index contributed by atoms with van der Waals surface area (Å²) in [6.45, 7) is 5.45. The van der Waals surface area contributed by atoms with Crippen LogP contribution < -0.4 is 9.64 Å². The molecule has 0 atom stereocenters. The second-order valence-corrected chi connectivity index (χ2v) is 4.79. The second kappa shape index (κ2) is 3.81. The SMILES string of the molecule is CN1CCOc2ccc(C(C)(C)C=O)cc21. The molecule has 1 aromatic carbocycles. The van der Waals surface area contributed by atoms with Crippen LogP contribution in [-0.4, -0.2) is 26.5 Å². The number of fused-ring (bicyclic) bond motifs is 1. The molecule has 0 saturated heterocycles. The minimum absolute atomic E-state index is 0.437. The first-order valence-corrected chi connectivity index (χ1v) is 5.49. The molecule has 0 radical (unpaired) electrons. The van der Waals surface area contributed by atoms with Crippen molar-refractivity contribution in [2.24, 2.45) is 0 Å². The van der Waals surface area contributed by atoms with Gasteiger partial charge in [0.1, 0.15) is 18.6 Å². The Morgan fingerprint density at radius 3 is 2.88 bits per heavy atom. The average Bonchev–Trinajstić information content (AvgIpc) is 2.29. The molecule has 0 N–H and O–H groups in total. The van der Waals surface area contributed by atoms with Crippen LogP contribution in [0.2, 0.25) is 0 Å². The van der Waals surface area contributed by atoms with E-state index in [1.165, 1.54) is 0 Å². The van der Waals surface area contributed by atoms with E-state index in [4.69, 9.17) is 4.74 Å². The van der Waals surface area contributed by atoms with Crippen molar-refractivity contribution in [3.63, 3.8) is 0 Å². The summed E-state index contributed by atoms with van der Waals surface area (Å²) in [5, 5.41) is 0. The maximum Gasteiger partial charge on any atom is 0.142 e. The quantitative estimate of drug-likeness (QED) is 0.712. The number of hydrogen-bond acceptors (Lipinski definition) is 3. The summed E-state index contributed by atoms with van der Waals surface area (Å²) in [4.78, 5) is 13.2. The molecule has 0 unspecified atom stereocenters. The summed E-state index contributed by atoms with van der Waals surface area (Å²) >= 11 is 0. The molecular weight excluding hydrogens is 202 g/mol. The van der Waals surface area contributed by atoms with Gasteiger partial charge in [0.15, 0.2) is 0 Å². The van der Waals surface area contributed by atoms with E-state index in [0.717, 1.165) is 36.4 Å². The van der Waals surface area contributed by atoms with Crippen LogP contribution in [0.4, 0.5) is 5.69 Å². The van der Waals surface area contributed by atoms with Crippen LogP contribution in [0.25, 0.3) is 0 Å². The Morgan fingerprint density at radius 1 is 1.44 bits per heavy atom. The third-order valence-corrected chi connectivity index (χ3v) is 3.09. The van der Waals surface area contributed by atoms with Crippen molar-refractivity contribution in [3.8, 4) is 5.75 Å². The minimum atomic E-state index is -0.437. The van der Waals surface area contributed by atoms with Gasteiger partial charge in [0, 0.05) is 12.5 Å². The molecular formula is C13H17NO2. The average molecular weight is 219 g/mol. The Hall–Kier alpha value is -1.51. The Morgan fingerprint density at radius 2 is 2.19 bits per heavy atom. The monoisotopic (exact) mass is 219 g/mol. The fourth-order valence-corrected chi connectivity index (χ4v) is 1.82. The van der Waals surface area contributed by atoms with Gasteiger partial charge in [0.25, 0.3) is 0 Å². The van der Waals surface area contributed by atoms with Crippen LogP contribution >= 0.6 is 0 Å². The van der Waals surface area contributed by atoms with Crippen molar-refractivity contribution in [1.82, 2.24) is 0 Å². The van der Waals surface area contributed by atoms with Crippen molar-refractivity contribution in [3.05, 3.63) is 23.8 Å². The van der Waals surface area contributed by atoms with E-state index in [1.807, 2.05) is 39.1 Å². The summed E-state index contributed by atoms with van der Waals surface area (Å²) in [6, 6.07) is 5.96. The highest BCUT2D eigenvalue weighted by Gasteiger charge is 2.23. The molecule has 1 aliphatic heterocycles. The number of rotatable bonds is 2. The Balaban J connectivity index is 2.45. The van der Waals surface area contributed by atoms with Crippen LogP contribution in [0.1, 0.15) is 19.4 Å². The van der Waals surface area contributed by atoms with Gasteiger partial charge in [-0.25, -0.2) is 0 Å². The largest absolute Gasteiger partial charge is 0.490 e. The third kappa shape index (κ3) is 1.77. The minimum Gasteiger partial charge on any atom is -0.490 e. The zero-order valence-electron chi connectivity index (χ0n) is 9.99. The number of anilines is 1. The molecule has 0 saturated carbocycles. The van der Waals surface area contributed by atoms with Crippen molar-refractivity contribution in [2.45, 2.75) is 19.3 Å². The maximum absolute atomic E-state index is 11.0. The molecule has 1 aromatic rings. The lowest BCUT2D eigenvalue weighted by Gasteiger charge is -2.29. The summed E-state index contributed by atoms with van der Waals surface area (Å²) in [5.74, 6) is 0.902. The molecule has 16 heavy (non-hydrogen) atoms. The molecule has 86 valence electrons. The van der Waals surface area contributed by atoms with Crippen LogP contribution in [0.3, 0.4) is 0 Å². The highest BCUT2D eigenvalue weighted by Crippen LogP contribution is 2.34. The molecule has 0 fully saturated rings. The first-order chi connectivity index (χ1) is 7.54. The van der Waals surface area contributed by atoms with Crippen molar-refractivity contribution in [2.75, 3.05) is 25.1 Å². The molecule has 0 spiro atoms. The first kappa shape index (κ1) is 11.0. The van der Waals surface area contributed by atoms with Crippen LogP contribution in [0.5, 0.6) is 5.75 Å². The first-order valence-electron chi connectivity index (χ1n) is 5.49. The van der Waals surface area contributed by atoms with E-state index < -0.39 is 5.41 Å². The number of benzene rings is 1. The van der Waals surface area contributed by atoms with E-state index in [0.29, 0.717) is 0 Å². The van der Waals surface area contributed by atoms with Gasteiger partial charge in [-0.05, 0) is 31.5 Å². The van der Waals surface area contributed by atoms with E-state index in [9.17, 15) is 4.79 Å². The number of carbonyl (C=O) groups is 1. The van der Waals surface area contributed by atoms with Gasteiger partial charge in [-0.15, -0.1) is 0 Å². The summed E-state index contributed by atoms with van der Waals surface area (Å²) in [6.07, 6.45) is 0.985. The number of aldehydes is 1. The summed E-state index contributed by atoms with van der Waals surface area (Å²) < 4.78 is 5.57. The lowest BCUT2D eigenvalue weighted by molar-refractivity contribution is -0.111. The molecule has 0 aromatic heterocycles. The second-order valence-electron chi connectivity index (χ2n) is 4.79. The smallest absolute Gasteiger partial charge is 0.142 e. The molecule has 1 aliphatic rings. The number of carbonyl (C=O) groups excluding carboxylic acids is 1. The topological polar surface area (TPSA) is 29.5 Å². The fourth-order valence-electron chi connectivity index (χ4n) is 1.82. The number of nitrogens with zero attached hydrogens (tertiary/aromatic N) is 1. The molecule has 3 nitrogen and oxygen atoms in total. The normalized spacial score (nSPS) is 15.3. The fraction of sp³-hybridized carbons (Fsp3) is 0.462. The van der Waals surface area contributed by atoms with Gasteiger partial charge >= 0.3 is 0 Å². The zero-order chi connectivity index (χ0) is 11.8. The molecule has 0 amide bonds. The van der Waals surface area contributed by atoms with E-state index in [2.05, 4.69) is 4.90 Å². The highest BCUT2D eigenvalue weighted by molar-refractivity contribution is 5.70. The number of likely N-dealkylation sites (N-methyl/N-ethyl adjacent to an activating group) is 1. The number of ether oxygens (including phenoxy) is 1. The van der Waals surface area contributed by atoms with Gasteiger partial charge in [0.2, 0.25) is 0 Å². The van der Waals surface area contributed by atoms with Gasteiger partial charge in [0.05, 0.1) is 12.2 Å². The molecule has 1 heterocycles. The molecule has 2 rings (SSSR count). The van der Waals surface area contributed by atoms with Gasteiger partial charge in [-0.3, -0.25) is 0 Å². The van der Waals surface area contributed by atoms with Gasteiger partial charge in [-0.1, -0.05) is 6.07 Å². The van der Waals surface area contributed by atoms with Crippen molar-refractivity contribution < 1.29 is 9.53 Å². The van der Waals surface area contributed by atoms with E-state index in [1.54, 1.807) is 0 Å². The van der Waals surface area contributed by atoms with Crippen LogP contribution in [-0.2, 0) is 10.2 Å². The van der Waals surface area contributed by atoms with Crippen LogP contribution in [0.15, 0.2) is 18.2 Å². The standard InChI is InChI=1S/C13H17NO2/c1-13(2,9-15)10-4-5-12-11(8-10)14(3)6-7-16-12/h4-5,8-9H,6-7H2,1-3H3. The van der Waals surface area contributed by atoms with E-state index >= 15 is 0 Å². The van der Waals surface area contributed by atoms with Gasteiger partial charge < -0.3 is 14.4 Å². The Labute approximate surface area is 96.0 Å².